The number of hydrogen-bond donors (Lipinski definition) is 1. The molecule has 0 radical (unpaired) electrons. The summed E-state index contributed by atoms with van der Waals surface area (Å²) >= 11 is 0. The van der Waals surface area contributed by atoms with Crippen molar-refractivity contribution in [2.75, 3.05) is 11.9 Å². The average molecular weight is 319 g/mol. The van der Waals surface area contributed by atoms with Crippen LogP contribution in [-0.2, 0) is 6.18 Å². The lowest BCUT2D eigenvalue weighted by Crippen LogP contribution is -2.13. The van der Waals surface area contributed by atoms with Crippen molar-refractivity contribution in [3.63, 3.8) is 0 Å². The van der Waals surface area contributed by atoms with Gasteiger partial charge in [0.1, 0.15) is 12.1 Å². The Bertz CT molecular complexity index is 824. The van der Waals surface area contributed by atoms with Crippen molar-refractivity contribution in [3.05, 3.63) is 60.1 Å². The third-order valence-electron chi connectivity index (χ3n) is 3.05. The normalized spacial score (nSPS) is 12.1. The van der Waals surface area contributed by atoms with Gasteiger partial charge in [-0.1, -0.05) is 42.5 Å². The van der Waals surface area contributed by atoms with Gasteiger partial charge in [-0.15, -0.1) is 0 Å². The number of rotatable bonds is 4. The van der Waals surface area contributed by atoms with Gasteiger partial charge in [0.2, 0.25) is 0 Å². The minimum absolute atomic E-state index is 0.102. The molecule has 23 heavy (non-hydrogen) atoms. The number of aromatic nitrogens is 4. The van der Waals surface area contributed by atoms with Gasteiger partial charge < -0.3 is 5.32 Å². The van der Waals surface area contributed by atoms with Crippen molar-refractivity contribution in [1.82, 2.24) is 19.6 Å². The van der Waals surface area contributed by atoms with Gasteiger partial charge in [0.15, 0.2) is 5.69 Å². The molecule has 2 heterocycles. The Morgan fingerprint density at radius 2 is 1.96 bits per heavy atom. The Morgan fingerprint density at radius 1 is 1.17 bits per heavy atom. The van der Waals surface area contributed by atoms with Crippen LogP contribution in [0.1, 0.15) is 11.3 Å². The molecule has 8 heteroatoms. The monoisotopic (exact) mass is 319 g/mol. The maximum absolute atomic E-state index is 12.9. The van der Waals surface area contributed by atoms with Crippen molar-refractivity contribution < 1.29 is 13.2 Å². The fraction of sp³-hybridized carbons (Fsp3) is 0.133. The van der Waals surface area contributed by atoms with Crippen LogP contribution in [0.5, 0.6) is 0 Å². The number of halogens is 3. The van der Waals surface area contributed by atoms with E-state index in [2.05, 4.69) is 20.4 Å². The second-order valence-corrected chi connectivity index (χ2v) is 4.69. The van der Waals surface area contributed by atoms with E-state index < -0.39 is 11.9 Å². The molecule has 0 saturated heterocycles. The number of hydrogen-bond acceptors (Lipinski definition) is 4. The van der Waals surface area contributed by atoms with E-state index in [0.717, 1.165) is 18.0 Å². The second-order valence-electron chi connectivity index (χ2n) is 4.69. The molecule has 5 nitrogen and oxygen atoms in total. The van der Waals surface area contributed by atoms with Crippen LogP contribution >= 0.6 is 0 Å². The van der Waals surface area contributed by atoms with E-state index in [-0.39, 0.29) is 11.6 Å². The first-order chi connectivity index (χ1) is 11.0. The zero-order valence-electron chi connectivity index (χ0n) is 11.8. The molecule has 0 unspecified atom stereocenters. The molecule has 3 aromatic rings. The summed E-state index contributed by atoms with van der Waals surface area (Å²) in [7, 11) is 0. The maximum atomic E-state index is 12.9. The number of nitrogens with one attached hydrogen (secondary N) is 1. The highest BCUT2D eigenvalue weighted by atomic mass is 19.4. The number of alkyl halides is 3. The van der Waals surface area contributed by atoms with Crippen molar-refractivity contribution in [1.29, 1.82) is 0 Å². The Hall–Kier alpha value is -2.90. The largest absolute Gasteiger partial charge is 0.433 e. The molecule has 0 atom stereocenters. The van der Waals surface area contributed by atoms with E-state index >= 15 is 0 Å². The molecule has 2 aromatic heterocycles. The fourth-order valence-corrected chi connectivity index (χ4v) is 2.01. The molecule has 118 valence electrons. The van der Waals surface area contributed by atoms with Crippen LogP contribution in [0, 0.1) is 0 Å². The zero-order chi connectivity index (χ0) is 16.3. The van der Waals surface area contributed by atoms with Gasteiger partial charge in [-0.3, -0.25) is 0 Å². The Balaban J connectivity index is 1.79. The van der Waals surface area contributed by atoms with E-state index in [1.807, 2.05) is 42.5 Å². The number of anilines is 1. The molecule has 0 spiro atoms. The third kappa shape index (κ3) is 3.47. The molecular weight excluding hydrogens is 307 g/mol. The molecule has 1 aromatic carbocycles. The van der Waals surface area contributed by atoms with Crippen LogP contribution < -0.4 is 5.32 Å². The summed E-state index contributed by atoms with van der Waals surface area (Å²) in [6, 6.07) is 10.5. The molecule has 3 rings (SSSR count). The molecule has 0 aliphatic rings. The molecule has 0 aliphatic carbocycles. The molecule has 0 saturated carbocycles. The lowest BCUT2D eigenvalue weighted by molar-refractivity contribution is -0.141. The predicted molar refractivity (Wildman–Crippen MR) is 79.7 cm³/mol. The maximum Gasteiger partial charge on any atom is 0.433 e. The predicted octanol–water partition coefficient (Wildman–Crippen LogP) is 3.27. The van der Waals surface area contributed by atoms with Gasteiger partial charge in [0.25, 0.3) is 5.78 Å². The molecule has 0 amide bonds. The number of fused-ring (bicyclic) bond motifs is 1. The summed E-state index contributed by atoms with van der Waals surface area (Å²) in [4.78, 5) is 7.16. The van der Waals surface area contributed by atoms with Gasteiger partial charge in [-0.05, 0) is 5.56 Å². The first-order valence-corrected chi connectivity index (χ1v) is 6.77. The van der Waals surface area contributed by atoms with Crippen LogP contribution in [0.25, 0.3) is 11.9 Å². The molecule has 0 fully saturated rings. The SMILES string of the molecule is FC(F)(F)c1cc(NC/C=C/c2ccccc2)n2ncnc2n1. The third-order valence-corrected chi connectivity index (χ3v) is 3.05. The minimum atomic E-state index is -4.54. The van der Waals surface area contributed by atoms with Crippen LogP contribution in [0.2, 0.25) is 0 Å². The highest BCUT2D eigenvalue weighted by Crippen LogP contribution is 2.29. The summed E-state index contributed by atoms with van der Waals surface area (Å²) < 4.78 is 39.8. The molecule has 0 bridgehead atoms. The summed E-state index contributed by atoms with van der Waals surface area (Å²) in [5, 5.41) is 6.76. The zero-order valence-corrected chi connectivity index (χ0v) is 11.8. The molecule has 1 N–H and O–H groups in total. The minimum Gasteiger partial charge on any atom is -0.366 e. The van der Waals surface area contributed by atoms with Crippen LogP contribution in [-0.4, -0.2) is 26.1 Å². The average Bonchev–Trinajstić information content (AvgIpc) is 3.00. The van der Waals surface area contributed by atoms with Crippen LogP contribution in [0.15, 0.2) is 48.8 Å². The Kier molecular flexibility index (Phi) is 3.96. The van der Waals surface area contributed by atoms with E-state index in [1.165, 1.54) is 4.52 Å². The Morgan fingerprint density at radius 3 is 2.70 bits per heavy atom. The smallest absolute Gasteiger partial charge is 0.366 e. The number of benzene rings is 1. The number of nitrogens with zero attached hydrogens (tertiary/aromatic N) is 4. The van der Waals surface area contributed by atoms with Crippen LogP contribution in [0.4, 0.5) is 19.0 Å². The van der Waals surface area contributed by atoms with Gasteiger partial charge in [-0.2, -0.15) is 27.8 Å². The lowest BCUT2D eigenvalue weighted by atomic mass is 10.2. The first-order valence-electron chi connectivity index (χ1n) is 6.77. The van der Waals surface area contributed by atoms with Crippen molar-refractivity contribution in [2.24, 2.45) is 0 Å². The van der Waals surface area contributed by atoms with Crippen LogP contribution in [0.3, 0.4) is 0 Å². The van der Waals surface area contributed by atoms with Gasteiger partial charge in [0.05, 0.1) is 0 Å². The van der Waals surface area contributed by atoms with E-state index in [4.69, 9.17) is 0 Å². The second kappa shape index (κ2) is 6.07. The van der Waals surface area contributed by atoms with E-state index in [0.29, 0.717) is 6.54 Å². The highest BCUT2D eigenvalue weighted by molar-refractivity contribution is 5.51. The highest BCUT2D eigenvalue weighted by Gasteiger charge is 2.33. The summed E-state index contributed by atoms with van der Waals surface area (Å²) in [5.74, 6) is 0.0758. The molecule has 0 aliphatic heterocycles. The van der Waals surface area contributed by atoms with Crippen molar-refractivity contribution in [2.45, 2.75) is 6.18 Å². The quantitative estimate of drug-likeness (QED) is 0.802. The summed E-state index contributed by atoms with van der Waals surface area (Å²) in [6.45, 7) is 0.338. The fourth-order valence-electron chi connectivity index (χ4n) is 2.01. The van der Waals surface area contributed by atoms with E-state index in [1.54, 1.807) is 0 Å². The summed E-state index contributed by atoms with van der Waals surface area (Å²) in [5.41, 5.74) is -0.00143. The topological polar surface area (TPSA) is 55.1 Å². The Labute approximate surface area is 129 Å². The van der Waals surface area contributed by atoms with Gasteiger partial charge >= 0.3 is 6.18 Å². The van der Waals surface area contributed by atoms with Crippen molar-refractivity contribution in [3.8, 4) is 0 Å². The van der Waals surface area contributed by atoms with E-state index in [9.17, 15) is 13.2 Å². The standard InChI is InChI=1S/C15H12F3N5/c16-15(17,18)12-9-13(23-14(22-12)20-10-21-23)19-8-4-7-11-5-2-1-3-6-11/h1-7,9-10,19H,8H2/b7-4+. The van der Waals surface area contributed by atoms with Gasteiger partial charge in [0, 0.05) is 12.6 Å². The van der Waals surface area contributed by atoms with Gasteiger partial charge in [-0.25, -0.2) is 4.98 Å². The summed E-state index contributed by atoms with van der Waals surface area (Å²) in [6.07, 6.45) is 0.306. The lowest BCUT2D eigenvalue weighted by Gasteiger charge is -2.10. The van der Waals surface area contributed by atoms with Crippen molar-refractivity contribution >= 4 is 17.7 Å². The first kappa shape index (κ1) is 15.0. The molecular formula is C15H12F3N5.